The van der Waals surface area contributed by atoms with Gasteiger partial charge in [-0.05, 0) is 44.9 Å². The summed E-state index contributed by atoms with van der Waals surface area (Å²) in [5.41, 5.74) is 1.87. The fourth-order valence-electron chi connectivity index (χ4n) is 3.24. The van der Waals surface area contributed by atoms with Crippen LogP contribution in [0.5, 0.6) is 0 Å². The first kappa shape index (κ1) is 23.8. The first-order valence-corrected chi connectivity index (χ1v) is 10.7. The number of aromatic amines is 1. The van der Waals surface area contributed by atoms with Crippen LogP contribution >= 0.6 is 0 Å². The molecule has 1 atom stereocenters. The van der Waals surface area contributed by atoms with E-state index >= 15 is 0 Å². The van der Waals surface area contributed by atoms with Crippen LogP contribution in [-0.4, -0.2) is 46.1 Å². The number of amides is 3. The molecule has 3 aromatic rings. The van der Waals surface area contributed by atoms with Crippen molar-refractivity contribution >= 4 is 34.9 Å². The third-order valence-electron chi connectivity index (χ3n) is 4.56. The zero-order valence-electron chi connectivity index (χ0n) is 19.0. The van der Waals surface area contributed by atoms with E-state index in [1.54, 1.807) is 20.8 Å². The number of H-pyrrole nitrogens is 1. The van der Waals surface area contributed by atoms with Crippen LogP contribution in [0.4, 0.5) is 10.7 Å². The van der Waals surface area contributed by atoms with E-state index < -0.39 is 23.6 Å². The predicted molar refractivity (Wildman–Crippen MR) is 126 cm³/mol. The SMILES string of the molecule is CC(C)(C)OC(=O)NCC(=O)N[C@H](CC(=O)Nc1nc2ccccc2[nH]1)Cc1ccccc1. The van der Waals surface area contributed by atoms with Crippen LogP contribution in [0.2, 0.25) is 0 Å². The van der Waals surface area contributed by atoms with Crippen LogP contribution in [0, 0.1) is 0 Å². The zero-order chi connectivity index (χ0) is 23.8. The minimum Gasteiger partial charge on any atom is -0.444 e. The number of aromatic nitrogens is 2. The Kier molecular flexibility index (Phi) is 7.66. The Balaban J connectivity index is 1.60. The molecule has 1 heterocycles. The molecule has 174 valence electrons. The second-order valence-corrected chi connectivity index (χ2v) is 8.66. The second kappa shape index (κ2) is 10.6. The molecule has 3 rings (SSSR count). The number of nitrogens with zero attached hydrogens (tertiary/aromatic N) is 1. The fourth-order valence-corrected chi connectivity index (χ4v) is 3.24. The zero-order valence-corrected chi connectivity index (χ0v) is 19.0. The third-order valence-corrected chi connectivity index (χ3v) is 4.56. The molecular weight excluding hydrogens is 422 g/mol. The van der Waals surface area contributed by atoms with Crippen molar-refractivity contribution in [3.05, 3.63) is 60.2 Å². The van der Waals surface area contributed by atoms with Crippen molar-refractivity contribution < 1.29 is 19.1 Å². The lowest BCUT2D eigenvalue weighted by atomic mass is 10.0. The van der Waals surface area contributed by atoms with Gasteiger partial charge in [-0.25, -0.2) is 9.78 Å². The molecule has 0 radical (unpaired) electrons. The standard InChI is InChI=1S/C24H29N5O4/c1-24(2,3)33-23(32)25-15-21(31)26-17(13-16-9-5-4-6-10-16)14-20(30)29-22-27-18-11-7-8-12-19(18)28-22/h4-12,17H,13-15H2,1-3H3,(H,25,32)(H,26,31)(H2,27,28,29,30)/t17-/m0/s1. The molecule has 0 bridgehead atoms. The molecule has 0 spiro atoms. The maximum absolute atomic E-state index is 12.7. The molecule has 3 amide bonds. The van der Waals surface area contributed by atoms with Crippen LogP contribution in [0.1, 0.15) is 32.8 Å². The molecule has 1 aromatic heterocycles. The van der Waals surface area contributed by atoms with Crippen molar-refractivity contribution in [2.45, 2.75) is 45.3 Å². The quantitative estimate of drug-likeness (QED) is 0.419. The molecule has 0 saturated carbocycles. The maximum Gasteiger partial charge on any atom is 0.408 e. The normalized spacial score (nSPS) is 12.1. The Morgan fingerprint density at radius 2 is 1.70 bits per heavy atom. The topological polar surface area (TPSA) is 125 Å². The van der Waals surface area contributed by atoms with Crippen molar-refractivity contribution in [2.75, 3.05) is 11.9 Å². The second-order valence-electron chi connectivity index (χ2n) is 8.66. The highest BCUT2D eigenvalue weighted by Crippen LogP contribution is 2.14. The first-order valence-electron chi connectivity index (χ1n) is 10.7. The summed E-state index contributed by atoms with van der Waals surface area (Å²) in [6, 6.07) is 16.5. The lowest BCUT2D eigenvalue weighted by Crippen LogP contribution is -2.45. The monoisotopic (exact) mass is 451 g/mol. The van der Waals surface area contributed by atoms with Gasteiger partial charge in [0.25, 0.3) is 0 Å². The van der Waals surface area contributed by atoms with E-state index in [9.17, 15) is 14.4 Å². The summed E-state index contributed by atoms with van der Waals surface area (Å²) in [7, 11) is 0. The molecule has 33 heavy (non-hydrogen) atoms. The average Bonchev–Trinajstić information content (AvgIpc) is 3.13. The number of rotatable bonds is 8. The van der Waals surface area contributed by atoms with E-state index in [2.05, 4.69) is 25.9 Å². The lowest BCUT2D eigenvalue weighted by Gasteiger charge is -2.21. The number of para-hydroxylation sites is 2. The molecule has 0 aliphatic carbocycles. The van der Waals surface area contributed by atoms with Gasteiger partial charge in [-0.1, -0.05) is 42.5 Å². The smallest absolute Gasteiger partial charge is 0.408 e. The van der Waals surface area contributed by atoms with E-state index in [0.717, 1.165) is 16.6 Å². The van der Waals surface area contributed by atoms with Crippen LogP contribution in [0.15, 0.2) is 54.6 Å². The van der Waals surface area contributed by atoms with Gasteiger partial charge >= 0.3 is 6.09 Å². The van der Waals surface area contributed by atoms with Gasteiger partial charge < -0.3 is 20.4 Å². The number of carbonyl (C=O) groups excluding carboxylic acids is 3. The van der Waals surface area contributed by atoms with Crippen LogP contribution in [0.3, 0.4) is 0 Å². The summed E-state index contributed by atoms with van der Waals surface area (Å²) >= 11 is 0. The van der Waals surface area contributed by atoms with E-state index in [1.165, 1.54) is 0 Å². The number of imidazole rings is 1. The summed E-state index contributed by atoms with van der Waals surface area (Å²) in [4.78, 5) is 44.3. The summed E-state index contributed by atoms with van der Waals surface area (Å²) in [5.74, 6) is -0.369. The molecule has 0 aliphatic rings. The lowest BCUT2D eigenvalue weighted by molar-refractivity contribution is -0.121. The Hall–Kier alpha value is -3.88. The van der Waals surface area contributed by atoms with Gasteiger partial charge in [-0.3, -0.25) is 14.9 Å². The van der Waals surface area contributed by atoms with Crippen molar-refractivity contribution in [3.8, 4) is 0 Å². The Morgan fingerprint density at radius 3 is 2.39 bits per heavy atom. The van der Waals surface area contributed by atoms with Gasteiger partial charge in [0.15, 0.2) is 0 Å². The predicted octanol–water partition coefficient (Wildman–Crippen LogP) is 3.14. The van der Waals surface area contributed by atoms with Crippen molar-refractivity contribution in [3.63, 3.8) is 0 Å². The molecule has 0 aliphatic heterocycles. The van der Waals surface area contributed by atoms with Crippen LogP contribution < -0.4 is 16.0 Å². The third kappa shape index (κ3) is 7.95. The highest BCUT2D eigenvalue weighted by atomic mass is 16.6. The van der Waals surface area contributed by atoms with Gasteiger partial charge in [-0.15, -0.1) is 0 Å². The fraction of sp³-hybridized carbons (Fsp3) is 0.333. The van der Waals surface area contributed by atoms with Crippen molar-refractivity contribution in [1.82, 2.24) is 20.6 Å². The summed E-state index contributed by atoms with van der Waals surface area (Å²) in [6.45, 7) is 4.96. The largest absolute Gasteiger partial charge is 0.444 e. The molecule has 0 unspecified atom stereocenters. The van der Waals surface area contributed by atoms with Gasteiger partial charge in [-0.2, -0.15) is 0 Å². The first-order chi connectivity index (χ1) is 15.7. The highest BCUT2D eigenvalue weighted by Gasteiger charge is 2.20. The Labute approximate surface area is 192 Å². The molecule has 9 heteroatoms. The van der Waals surface area contributed by atoms with Gasteiger partial charge in [0.1, 0.15) is 12.1 Å². The number of nitrogens with one attached hydrogen (secondary N) is 4. The van der Waals surface area contributed by atoms with E-state index in [4.69, 9.17) is 4.74 Å². The summed E-state index contributed by atoms with van der Waals surface area (Å²) < 4.78 is 5.14. The number of fused-ring (bicyclic) bond motifs is 1. The van der Waals surface area contributed by atoms with Gasteiger partial charge in [0.05, 0.1) is 11.0 Å². The molecular formula is C24H29N5O4. The molecule has 0 fully saturated rings. The summed E-state index contributed by atoms with van der Waals surface area (Å²) in [5, 5.41) is 8.00. The van der Waals surface area contributed by atoms with Gasteiger partial charge in [0.2, 0.25) is 17.8 Å². The minimum atomic E-state index is -0.681. The number of hydrogen-bond donors (Lipinski definition) is 4. The molecule has 4 N–H and O–H groups in total. The number of anilines is 1. The van der Waals surface area contributed by atoms with Crippen LogP contribution in [-0.2, 0) is 20.7 Å². The number of carbonyl (C=O) groups is 3. The maximum atomic E-state index is 12.7. The molecule has 0 saturated heterocycles. The number of hydrogen-bond acceptors (Lipinski definition) is 5. The average molecular weight is 452 g/mol. The molecule has 2 aromatic carbocycles. The number of ether oxygens (including phenoxy) is 1. The molecule has 9 nitrogen and oxygen atoms in total. The Morgan fingerprint density at radius 1 is 1.00 bits per heavy atom. The minimum absolute atomic E-state index is 0.0319. The number of benzene rings is 2. The van der Waals surface area contributed by atoms with Crippen molar-refractivity contribution in [2.24, 2.45) is 0 Å². The highest BCUT2D eigenvalue weighted by molar-refractivity contribution is 5.92. The van der Waals surface area contributed by atoms with Gasteiger partial charge in [0, 0.05) is 12.5 Å². The van der Waals surface area contributed by atoms with E-state index in [0.29, 0.717) is 12.4 Å². The van der Waals surface area contributed by atoms with E-state index in [1.807, 2.05) is 54.6 Å². The number of alkyl carbamates (subject to hydrolysis) is 1. The Bertz CT molecular complexity index is 1070. The van der Waals surface area contributed by atoms with E-state index in [-0.39, 0.29) is 18.9 Å². The summed E-state index contributed by atoms with van der Waals surface area (Å²) in [6.07, 6.45) is -0.198. The van der Waals surface area contributed by atoms with Crippen molar-refractivity contribution in [1.29, 1.82) is 0 Å². The van der Waals surface area contributed by atoms with Crippen LogP contribution in [0.25, 0.3) is 11.0 Å².